The molecule has 4 rings (SSSR count). The van der Waals surface area contributed by atoms with Gasteiger partial charge in [-0.15, -0.1) is 0 Å². The standard InChI is InChI=1S/C18H22N6O/c1-22-17-16(12-21-22)18(20-13-19-17)24-9-3-8-23(10-11-24)14-4-6-15(25-2)7-5-14/h4-7,12-13H,3,8-11H2,1-2H3. The second-order valence-corrected chi connectivity index (χ2v) is 6.23. The monoisotopic (exact) mass is 338 g/mol. The number of benzene rings is 1. The van der Waals surface area contributed by atoms with Crippen LogP contribution >= 0.6 is 0 Å². The molecule has 3 heterocycles. The van der Waals surface area contributed by atoms with Gasteiger partial charge < -0.3 is 14.5 Å². The van der Waals surface area contributed by atoms with E-state index in [1.54, 1.807) is 18.1 Å². The first-order chi connectivity index (χ1) is 12.3. The molecule has 3 aromatic rings. The number of rotatable bonds is 3. The van der Waals surface area contributed by atoms with E-state index in [0.29, 0.717) is 0 Å². The van der Waals surface area contributed by atoms with Crippen molar-refractivity contribution in [3.63, 3.8) is 0 Å². The molecule has 25 heavy (non-hydrogen) atoms. The molecule has 1 saturated heterocycles. The predicted molar refractivity (Wildman–Crippen MR) is 98.3 cm³/mol. The van der Waals surface area contributed by atoms with Crippen LogP contribution in [0.4, 0.5) is 11.5 Å². The van der Waals surface area contributed by atoms with Gasteiger partial charge >= 0.3 is 0 Å². The summed E-state index contributed by atoms with van der Waals surface area (Å²) >= 11 is 0. The van der Waals surface area contributed by atoms with Crippen LogP contribution in [0.2, 0.25) is 0 Å². The van der Waals surface area contributed by atoms with Crippen molar-refractivity contribution in [3.8, 4) is 5.75 Å². The van der Waals surface area contributed by atoms with Crippen molar-refractivity contribution in [2.45, 2.75) is 6.42 Å². The van der Waals surface area contributed by atoms with E-state index in [-0.39, 0.29) is 0 Å². The number of nitrogens with zero attached hydrogens (tertiary/aromatic N) is 6. The number of aryl methyl sites for hydroxylation is 1. The molecule has 0 amide bonds. The minimum Gasteiger partial charge on any atom is -0.497 e. The predicted octanol–water partition coefficient (Wildman–Crippen LogP) is 2.09. The molecule has 0 bridgehead atoms. The van der Waals surface area contributed by atoms with Gasteiger partial charge in [0.25, 0.3) is 0 Å². The number of ether oxygens (including phenoxy) is 1. The van der Waals surface area contributed by atoms with E-state index >= 15 is 0 Å². The number of hydrogen-bond acceptors (Lipinski definition) is 6. The molecule has 1 aromatic carbocycles. The van der Waals surface area contributed by atoms with E-state index in [2.05, 4.69) is 37.0 Å². The largest absolute Gasteiger partial charge is 0.497 e. The Morgan fingerprint density at radius 1 is 0.960 bits per heavy atom. The average Bonchev–Trinajstić information content (AvgIpc) is 2.89. The first-order valence-electron chi connectivity index (χ1n) is 8.53. The molecule has 0 spiro atoms. The molecular formula is C18H22N6O. The Morgan fingerprint density at radius 3 is 2.52 bits per heavy atom. The fraction of sp³-hybridized carbons (Fsp3) is 0.389. The van der Waals surface area contributed by atoms with Gasteiger partial charge in [0.2, 0.25) is 0 Å². The minimum absolute atomic E-state index is 0.876. The number of fused-ring (bicyclic) bond motifs is 1. The molecule has 1 fully saturated rings. The quantitative estimate of drug-likeness (QED) is 0.729. The van der Waals surface area contributed by atoms with Crippen molar-refractivity contribution in [1.82, 2.24) is 19.7 Å². The molecule has 0 atom stereocenters. The van der Waals surface area contributed by atoms with Crippen LogP contribution in [-0.4, -0.2) is 53.0 Å². The van der Waals surface area contributed by atoms with Crippen LogP contribution in [0, 0.1) is 0 Å². The van der Waals surface area contributed by atoms with Gasteiger partial charge in [0.15, 0.2) is 5.65 Å². The van der Waals surface area contributed by atoms with Crippen LogP contribution in [-0.2, 0) is 7.05 Å². The summed E-state index contributed by atoms with van der Waals surface area (Å²) in [6.07, 6.45) is 4.57. The van der Waals surface area contributed by atoms with Crippen LogP contribution < -0.4 is 14.5 Å². The molecule has 130 valence electrons. The van der Waals surface area contributed by atoms with Crippen LogP contribution in [0.1, 0.15) is 6.42 Å². The van der Waals surface area contributed by atoms with Gasteiger partial charge in [0.05, 0.1) is 18.7 Å². The number of methoxy groups -OCH3 is 1. The van der Waals surface area contributed by atoms with E-state index in [1.165, 1.54) is 5.69 Å². The minimum atomic E-state index is 0.876. The van der Waals surface area contributed by atoms with Crippen LogP contribution in [0.15, 0.2) is 36.8 Å². The summed E-state index contributed by atoms with van der Waals surface area (Å²) in [4.78, 5) is 13.6. The van der Waals surface area contributed by atoms with Gasteiger partial charge in [-0.3, -0.25) is 4.68 Å². The zero-order valence-electron chi connectivity index (χ0n) is 14.6. The highest BCUT2D eigenvalue weighted by molar-refractivity contribution is 5.86. The average molecular weight is 338 g/mol. The third kappa shape index (κ3) is 2.97. The summed E-state index contributed by atoms with van der Waals surface area (Å²) in [5.74, 6) is 1.87. The highest BCUT2D eigenvalue weighted by Gasteiger charge is 2.19. The molecule has 7 heteroatoms. The Hall–Kier alpha value is -2.83. The summed E-state index contributed by atoms with van der Waals surface area (Å²) in [5.41, 5.74) is 2.11. The van der Waals surface area contributed by atoms with Crippen molar-refractivity contribution >= 4 is 22.5 Å². The molecule has 1 aliphatic heterocycles. The normalized spacial score (nSPS) is 15.4. The lowest BCUT2D eigenvalue weighted by Gasteiger charge is -2.24. The molecule has 2 aromatic heterocycles. The first-order valence-corrected chi connectivity index (χ1v) is 8.53. The topological polar surface area (TPSA) is 59.3 Å². The summed E-state index contributed by atoms with van der Waals surface area (Å²) in [6, 6.07) is 8.28. The van der Waals surface area contributed by atoms with Crippen molar-refractivity contribution in [1.29, 1.82) is 0 Å². The van der Waals surface area contributed by atoms with Gasteiger partial charge in [-0.2, -0.15) is 5.10 Å². The van der Waals surface area contributed by atoms with E-state index in [4.69, 9.17) is 4.74 Å². The van der Waals surface area contributed by atoms with Gasteiger partial charge in [0.1, 0.15) is 17.9 Å². The van der Waals surface area contributed by atoms with Crippen molar-refractivity contribution < 1.29 is 4.74 Å². The Kier molecular flexibility index (Phi) is 4.13. The summed E-state index contributed by atoms with van der Waals surface area (Å²) < 4.78 is 7.04. The van der Waals surface area contributed by atoms with E-state index < -0.39 is 0 Å². The lowest BCUT2D eigenvalue weighted by molar-refractivity contribution is 0.415. The van der Waals surface area contributed by atoms with Crippen LogP contribution in [0.3, 0.4) is 0 Å². The second-order valence-electron chi connectivity index (χ2n) is 6.23. The molecule has 0 radical (unpaired) electrons. The third-order valence-electron chi connectivity index (χ3n) is 4.74. The molecule has 0 N–H and O–H groups in total. The van der Waals surface area contributed by atoms with E-state index in [9.17, 15) is 0 Å². The highest BCUT2D eigenvalue weighted by Crippen LogP contribution is 2.25. The Bertz CT molecular complexity index is 860. The molecule has 1 aliphatic rings. The molecular weight excluding hydrogens is 316 g/mol. The Labute approximate surface area is 146 Å². The molecule has 7 nitrogen and oxygen atoms in total. The molecule has 0 saturated carbocycles. The van der Waals surface area contributed by atoms with Gasteiger partial charge in [-0.1, -0.05) is 0 Å². The Balaban J connectivity index is 1.54. The van der Waals surface area contributed by atoms with Crippen molar-refractivity contribution in [2.24, 2.45) is 7.05 Å². The fourth-order valence-electron chi connectivity index (χ4n) is 3.38. The third-order valence-corrected chi connectivity index (χ3v) is 4.74. The first kappa shape index (κ1) is 15.7. The van der Waals surface area contributed by atoms with Crippen LogP contribution in [0.5, 0.6) is 5.75 Å². The molecule has 0 unspecified atom stereocenters. The van der Waals surface area contributed by atoms with E-state index in [1.807, 2.05) is 25.4 Å². The maximum Gasteiger partial charge on any atom is 0.163 e. The summed E-state index contributed by atoms with van der Waals surface area (Å²) in [5, 5.41) is 5.34. The summed E-state index contributed by atoms with van der Waals surface area (Å²) in [7, 11) is 3.60. The molecule has 0 aliphatic carbocycles. The lowest BCUT2D eigenvalue weighted by Crippen LogP contribution is -2.31. The number of aromatic nitrogens is 4. The maximum atomic E-state index is 5.25. The van der Waals surface area contributed by atoms with Crippen molar-refractivity contribution in [2.75, 3.05) is 43.1 Å². The lowest BCUT2D eigenvalue weighted by atomic mass is 10.2. The number of hydrogen-bond donors (Lipinski definition) is 0. The smallest absolute Gasteiger partial charge is 0.163 e. The van der Waals surface area contributed by atoms with Crippen LogP contribution in [0.25, 0.3) is 11.0 Å². The Morgan fingerprint density at radius 2 is 1.72 bits per heavy atom. The highest BCUT2D eigenvalue weighted by atomic mass is 16.5. The summed E-state index contributed by atoms with van der Waals surface area (Å²) in [6.45, 7) is 3.89. The van der Waals surface area contributed by atoms with Crippen molar-refractivity contribution in [3.05, 3.63) is 36.8 Å². The zero-order valence-corrected chi connectivity index (χ0v) is 14.6. The second kappa shape index (κ2) is 6.58. The zero-order chi connectivity index (χ0) is 17.2. The number of anilines is 2. The maximum absolute atomic E-state index is 5.25. The van der Waals surface area contributed by atoms with Gasteiger partial charge in [-0.25, -0.2) is 9.97 Å². The van der Waals surface area contributed by atoms with Gasteiger partial charge in [-0.05, 0) is 30.7 Å². The van der Waals surface area contributed by atoms with Gasteiger partial charge in [0, 0.05) is 38.9 Å². The van der Waals surface area contributed by atoms with E-state index in [0.717, 1.165) is 55.2 Å². The fourth-order valence-corrected chi connectivity index (χ4v) is 3.38. The SMILES string of the molecule is COc1ccc(N2CCCN(c3ncnc4c3cnn4C)CC2)cc1.